The van der Waals surface area contributed by atoms with Gasteiger partial charge in [0.15, 0.2) is 0 Å². The van der Waals surface area contributed by atoms with E-state index in [1.165, 1.54) is 30.7 Å². The zero-order valence-electron chi connectivity index (χ0n) is 9.31. The zero-order chi connectivity index (χ0) is 11.9. The molecular weight excluding hydrogens is 280 g/mol. The van der Waals surface area contributed by atoms with Gasteiger partial charge in [-0.2, -0.15) is 0 Å². The van der Waals surface area contributed by atoms with Crippen LogP contribution in [0.15, 0.2) is 34.1 Å². The van der Waals surface area contributed by atoms with E-state index in [2.05, 4.69) is 0 Å². The molecule has 0 bridgehead atoms. The van der Waals surface area contributed by atoms with Gasteiger partial charge in [-0.15, -0.1) is 0 Å². The summed E-state index contributed by atoms with van der Waals surface area (Å²) in [6, 6.07) is 3.94. The molecule has 3 nitrogen and oxygen atoms in total. The van der Waals surface area contributed by atoms with Crippen molar-refractivity contribution < 1.29 is 27.2 Å². The van der Waals surface area contributed by atoms with Crippen molar-refractivity contribution >= 4 is 21.7 Å². The van der Waals surface area contributed by atoms with Crippen LogP contribution in [0.4, 0.5) is 4.39 Å². The maximum atomic E-state index is 13.0. The zero-order valence-corrected chi connectivity index (χ0v) is 11.5. The van der Waals surface area contributed by atoms with Gasteiger partial charge in [0.25, 0.3) is 0 Å². The van der Waals surface area contributed by atoms with Crippen molar-refractivity contribution in [3.63, 3.8) is 0 Å². The predicted molar refractivity (Wildman–Crippen MR) is 61.5 cm³/mol. The van der Waals surface area contributed by atoms with E-state index in [-0.39, 0.29) is 28.9 Å². The molecule has 0 aliphatic rings. The monoisotopic (exact) mass is 290 g/mol. The van der Waals surface area contributed by atoms with Crippen LogP contribution >= 0.6 is 0 Å². The molecular formula is C11H10FNO2SV. The number of hydrogen-bond acceptors (Lipinski definition) is 2. The molecule has 0 aliphatic carbocycles. The molecule has 1 radical (unpaired) electrons. The van der Waals surface area contributed by atoms with Crippen LogP contribution in [0.3, 0.4) is 0 Å². The minimum absolute atomic E-state index is 0. The van der Waals surface area contributed by atoms with E-state index in [0.717, 1.165) is 0 Å². The minimum atomic E-state index is -1.34. The van der Waals surface area contributed by atoms with Crippen molar-refractivity contribution in [3.05, 3.63) is 40.4 Å². The Balaban J connectivity index is 0.00000144. The van der Waals surface area contributed by atoms with Gasteiger partial charge >= 0.3 is 0 Å². The second kappa shape index (κ2) is 5.17. The van der Waals surface area contributed by atoms with Gasteiger partial charge in [-0.1, -0.05) is 0 Å². The van der Waals surface area contributed by atoms with E-state index in [9.17, 15) is 13.4 Å². The number of halogens is 1. The van der Waals surface area contributed by atoms with Gasteiger partial charge in [-0.25, -0.2) is 4.39 Å². The first-order chi connectivity index (χ1) is 7.50. The summed E-state index contributed by atoms with van der Waals surface area (Å²) in [5.41, 5.74) is 0.202. The summed E-state index contributed by atoms with van der Waals surface area (Å²) in [7, 11) is 0.353. The fourth-order valence-electron chi connectivity index (χ4n) is 1.63. The van der Waals surface area contributed by atoms with Gasteiger partial charge in [0.1, 0.15) is 10.7 Å². The van der Waals surface area contributed by atoms with Crippen LogP contribution < -0.4 is 5.43 Å². The van der Waals surface area contributed by atoms with Gasteiger partial charge in [0, 0.05) is 43.4 Å². The van der Waals surface area contributed by atoms with Gasteiger partial charge in [-0.3, -0.25) is 9.00 Å². The third-order valence-corrected chi connectivity index (χ3v) is 3.34. The summed E-state index contributed by atoms with van der Waals surface area (Å²) in [6.45, 7) is 0. The molecule has 1 aromatic carbocycles. The first-order valence-corrected chi connectivity index (χ1v) is 6.19. The summed E-state index contributed by atoms with van der Waals surface area (Å²) >= 11 is 0. The van der Waals surface area contributed by atoms with Crippen LogP contribution in [0.1, 0.15) is 0 Å². The van der Waals surface area contributed by atoms with Gasteiger partial charge < -0.3 is 4.57 Å². The predicted octanol–water partition coefficient (Wildman–Crippen LogP) is 1.41. The number of aryl methyl sites for hydroxylation is 1. The molecule has 0 N–H and O–H groups in total. The van der Waals surface area contributed by atoms with Crippen LogP contribution in [0.25, 0.3) is 10.9 Å². The third-order valence-electron chi connectivity index (χ3n) is 2.43. The molecule has 2 aromatic rings. The SMILES string of the molecule is Cn1cc(S(C)=O)c(=O)c2ccc(F)cc21.[V]. The van der Waals surface area contributed by atoms with Crippen molar-refractivity contribution in [3.8, 4) is 0 Å². The van der Waals surface area contributed by atoms with Gasteiger partial charge in [0.05, 0.1) is 16.3 Å². The number of benzene rings is 1. The van der Waals surface area contributed by atoms with Crippen LogP contribution in [-0.2, 0) is 36.4 Å². The average molecular weight is 290 g/mol. The Morgan fingerprint density at radius 2 is 2.00 bits per heavy atom. The number of nitrogens with zero attached hydrogens (tertiary/aromatic N) is 1. The molecule has 1 atom stereocenters. The quantitative estimate of drug-likeness (QED) is 0.796. The summed E-state index contributed by atoms with van der Waals surface area (Å²) in [4.78, 5) is 12.1. The molecule has 1 unspecified atom stereocenters. The molecule has 0 saturated carbocycles. The molecule has 0 fully saturated rings. The largest absolute Gasteiger partial charge is 0.349 e. The summed E-state index contributed by atoms with van der Waals surface area (Å²) in [6.07, 6.45) is 2.94. The first kappa shape index (κ1) is 14.2. The third kappa shape index (κ3) is 2.51. The Hall–Kier alpha value is -0.906. The summed E-state index contributed by atoms with van der Waals surface area (Å²) in [5.74, 6) is -0.395. The van der Waals surface area contributed by atoms with Crippen molar-refractivity contribution in [1.29, 1.82) is 0 Å². The number of fused-ring (bicyclic) bond motifs is 1. The Morgan fingerprint density at radius 1 is 1.35 bits per heavy atom. The first-order valence-electron chi connectivity index (χ1n) is 4.63. The molecule has 2 rings (SSSR count). The number of hydrogen-bond donors (Lipinski definition) is 0. The van der Waals surface area contributed by atoms with E-state index in [1.54, 1.807) is 11.6 Å². The van der Waals surface area contributed by atoms with Crippen LogP contribution in [0.2, 0.25) is 0 Å². The molecule has 1 aromatic heterocycles. The maximum absolute atomic E-state index is 13.0. The molecule has 6 heteroatoms. The van der Waals surface area contributed by atoms with Crippen LogP contribution in [0.5, 0.6) is 0 Å². The van der Waals surface area contributed by atoms with Crippen molar-refractivity contribution in [2.24, 2.45) is 7.05 Å². The van der Waals surface area contributed by atoms with E-state index in [4.69, 9.17) is 0 Å². The van der Waals surface area contributed by atoms with E-state index in [0.29, 0.717) is 10.9 Å². The Labute approximate surface area is 112 Å². The molecule has 0 spiro atoms. The molecule has 0 saturated heterocycles. The molecule has 89 valence electrons. The molecule has 0 amide bonds. The standard InChI is InChI=1S/C11H10FNO2S.V/c1-13-6-10(16(2)15)11(14)8-4-3-7(12)5-9(8)13;/h3-6H,1-2H3;. The molecule has 1 heterocycles. The second-order valence-electron chi connectivity index (χ2n) is 3.55. The van der Waals surface area contributed by atoms with E-state index in [1.807, 2.05) is 0 Å². The van der Waals surface area contributed by atoms with Gasteiger partial charge in [-0.05, 0) is 18.2 Å². The smallest absolute Gasteiger partial charge is 0.205 e. The topological polar surface area (TPSA) is 39.1 Å². The summed E-state index contributed by atoms with van der Waals surface area (Å²) in [5, 5.41) is 0.386. The van der Waals surface area contributed by atoms with Crippen molar-refractivity contribution in [2.75, 3.05) is 6.26 Å². The van der Waals surface area contributed by atoms with Gasteiger partial charge in [0.2, 0.25) is 5.43 Å². The fraction of sp³-hybridized carbons (Fsp3) is 0.182. The number of rotatable bonds is 1. The van der Waals surface area contributed by atoms with E-state index < -0.39 is 16.6 Å². The van der Waals surface area contributed by atoms with E-state index >= 15 is 0 Å². The van der Waals surface area contributed by atoms with Crippen LogP contribution in [0, 0.1) is 5.82 Å². The Morgan fingerprint density at radius 3 is 2.59 bits per heavy atom. The average Bonchev–Trinajstić information content (AvgIpc) is 2.22. The van der Waals surface area contributed by atoms with Crippen molar-refractivity contribution in [1.82, 2.24) is 4.57 Å². The Kier molecular flexibility index (Phi) is 4.30. The second-order valence-corrected chi connectivity index (χ2v) is 4.90. The van der Waals surface area contributed by atoms with Crippen molar-refractivity contribution in [2.45, 2.75) is 4.90 Å². The number of pyridine rings is 1. The molecule has 0 aliphatic heterocycles. The molecule has 17 heavy (non-hydrogen) atoms. The summed E-state index contributed by atoms with van der Waals surface area (Å²) < 4.78 is 26.0. The van der Waals surface area contributed by atoms with Crippen LogP contribution in [-0.4, -0.2) is 15.0 Å². The normalized spacial score (nSPS) is 12.2. The maximum Gasteiger partial charge on any atom is 0.205 e. The number of aromatic nitrogens is 1. The minimum Gasteiger partial charge on any atom is -0.349 e. The Bertz CT molecular complexity index is 654. The fourth-order valence-corrected chi connectivity index (χ4v) is 2.31.